The average molecular weight is 477 g/mol. The Labute approximate surface area is 179 Å². The minimum absolute atomic E-state index is 0.370. The smallest absolute Gasteiger partial charge is 0.325 e. The highest BCUT2D eigenvalue weighted by atomic mass is 79.9. The number of halogens is 2. The van der Waals surface area contributed by atoms with Gasteiger partial charge in [0, 0.05) is 10.2 Å². The first-order valence-electron chi connectivity index (χ1n) is 8.91. The van der Waals surface area contributed by atoms with Crippen LogP contribution in [0, 0.1) is 5.82 Å². The number of benzene rings is 2. The fourth-order valence-electron chi connectivity index (χ4n) is 2.95. The van der Waals surface area contributed by atoms with Crippen LogP contribution in [0.4, 0.5) is 14.9 Å². The van der Waals surface area contributed by atoms with Gasteiger partial charge in [0.15, 0.2) is 0 Å². The molecule has 5 amide bonds. The van der Waals surface area contributed by atoms with Crippen LogP contribution in [-0.4, -0.2) is 41.7 Å². The standard InChI is InChI=1S/C20H18BrFN4O4/c1-20(12-3-2-4-13(21)9-12)18(29)26(19(30)25-20)11-17(28)23-10-16(27)24-15-7-5-14(22)6-8-15/h2-9H,10-11H2,1H3,(H,23,28)(H,24,27)(H,25,30)/t20-/m0/s1. The number of anilines is 1. The molecular formula is C20H18BrFN4O4. The lowest BCUT2D eigenvalue weighted by atomic mass is 9.92. The third-order valence-electron chi connectivity index (χ3n) is 4.55. The first kappa shape index (κ1) is 21.4. The Morgan fingerprint density at radius 2 is 1.83 bits per heavy atom. The monoisotopic (exact) mass is 476 g/mol. The summed E-state index contributed by atoms with van der Waals surface area (Å²) in [6.07, 6.45) is 0. The second-order valence-electron chi connectivity index (χ2n) is 6.79. The molecule has 1 fully saturated rings. The van der Waals surface area contributed by atoms with Gasteiger partial charge in [-0.2, -0.15) is 0 Å². The summed E-state index contributed by atoms with van der Waals surface area (Å²) in [6.45, 7) is 0.657. The van der Waals surface area contributed by atoms with Crippen LogP contribution in [0.1, 0.15) is 12.5 Å². The summed E-state index contributed by atoms with van der Waals surface area (Å²) in [6, 6.07) is 11.4. The fourth-order valence-corrected chi connectivity index (χ4v) is 3.35. The topological polar surface area (TPSA) is 108 Å². The molecule has 0 aliphatic carbocycles. The zero-order chi connectivity index (χ0) is 21.9. The van der Waals surface area contributed by atoms with E-state index in [0.717, 1.165) is 9.37 Å². The number of carbonyl (C=O) groups is 4. The van der Waals surface area contributed by atoms with Crippen LogP contribution < -0.4 is 16.0 Å². The van der Waals surface area contributed by atoms with Crippen LogP contribution >= 0.6 is 15.9 Å². The molecule has 156 valence electrons. The molecule has 0 bridgehead atoms. The van der Waals surface area contributed by atoms with Gasteiger partial charge >= 0.3 is 6.03 Å². The quantitative estimate of drug-likeness (QED) is 0.554. The molecule has 0 unspecified atom stereocenters. The van der Waals surface area contributed by atoms with Crippen LogP contribution in [-0.2, 0) is 19.9 Å². The second kappa shape index (κ2) is 8.62. The summed E-state index contributed by atoms with van der Waals surface area (Å²) in [5.74, 6) is -2.22. The second-order valence-corrected chi connectivity index (χ2v) is 7.70. The molecule has 1 saturated heterocycles. The van der Waals surface area contributed by atoms with Gasteiger partial charge in [0.1, 0.15) is 17.9 Å². The molecule has 8 nitrogen and oxygen atoms in total. The number of hydrogen-bond donors (Lipinski definition) is 3. The van der Waals surface area contributed by atoms with Gasteiger partial charge in [-0.3, -0.25) is 19.3 Å². The molecule has 2 aromatic rings. The SMILES string of the molecule is C[C@@]1(c2cccc(Br)c2)NC(=O)N(CC(=O)NCC(=O)Nc2ccc(F)cc2)C1=O. The van der Waals surface area contributed by atoms with Crippen LogP contribution in [0.3, 0.4) is 0 Å². The number of hydrogen-bond acceptors (Lipinski definition) is 4. The van der Waals surface area contributed by atoms with E-state index in [2.05, 4.69) is 31.9 Å². The van der Waals surface area contributed by atoms with E-state index in [1.54, 1.807) is 31.2 Å². The Bertz CT molecular complexity index is 1010. The van der Waals surface area contributed by atoms with E-state index in [0.29, 0.717) is 11.3 Å². The highest BCUT2D eigenvalue weighted by Crippen LogP contribution is 2.30. The van der Waals surface area contributed by atoms with Crippen molar-refractivity contribution in [3.05, 3.63) is 64.4 Å². The lowest BCUT2D eigenvalue weighted by Crippen LogP contribution is -2.44. The van der Waals surface area contributed by atoms with E-state index in [-0.39, 0.29) is 6.54 Å². The van der Waals surface area contributed by atoms with Crippen molar-refractivity contribution in [1.82, 2.24) is 15.5 Å². The summed E-state index contributed by atoms with van der Waals surface area (Å²) < 4.78 is 13.6. The first-order chi connectivity index (χ1) is 14.2. The molecule has 30 heavy (non-hydrogen) atoms. The molecule has 1 heterocycles. The lowest BCUT2D eigenvalue weighted by Gasteiger charge is -2.22. The highest BCUT2D eigenvalue weighted by Gasteiger charge is 2.49. The van der Waals surface area contributed by atoms with Crippen LogP contribution in [0.15, 0.2) is 53.0 Å². The van der Waals surface area contributed by atoms with Crippen LogP contribution in [0.5, 0.6) is 0 Å². The molecule has 1 aliphatic heterocycles. The van der Waals surface area contributed by atoms with Crippen LogP contribution in [0.2, 0.25) is 0 Å². The molecule has 3 rings (SSSR count). The molecule has 1 atom stereocenters. The van der Waals surface area contributed by atoms with Gasteiger partial charge in [-0.1, -0.05) is 28.1 Å². The van der Waals surface area contributed by atoms with E-state index in [9.17, 15) is 23.6 Å². The van der Waals surface area contributed by atoms with E-state index in [1.807, 2.05) is 0 Å². The van der Waals surface area contributed by atoms with Crippen molar-refractivity contribution in [1.29, 1.82) is 0 Å². The van der Waals surface area contributed by atoms with Gasteiger partial charge in [-0.25, -0.2) is 9.18 Å². The van der Waals surface area contributed by atoms with Crippen molar-refractivity contribution < 1.29 is 23.6 Å². The summed E-state index contributed by atoms with van der Waals surface area (Å²) in [4.78, 5) is 50.0. The van der Waals surface area contributed by atoms with Crippen molar-refractivity contribution in [3.8, 4) is 0 Å². The van der Waals surface area contributed by atoms with Crippen LogP contribution in [0.25, 0.3) is 0 Å². The fraction of sp³-hybridized carbons (Fsp3) is 0.200. The number of nitrogens with one attached hydrogen (secondary N) is 3. The van der Waals surface area contributed by atoms with Crippen molar-refractivity contribution in [2.45, 2.75) is 12.5 Å². The molecule has 1 aliphatic rings. The van der Waals surface area contributed by atoms with Gasteiger partial charge in [0.25, 0.3) is 5.91 Å². The van der Waals surface area contributed by atoms with Gasteiger partial charge in [-0.05, 0) is 48.9 Å². The maximum atomic E-state index is 12.9. The number of urea groups is 1. The Hall–Kier alpha value is -3.27. The van der Waals surface area contributed by atoms with E-state index >= 15 is 0 Å². The van der Waals surface area contributed by atoms with E-state index in [1.165, 1.54) is 24.3 Å². The third-order valence-corrected chi connectivity index (χ3v) is 5.05. The zero-order valence-electron chi connectivity index (χ0n) is 15.9. The summed E-state index contributed by atoms with van der Waals surface area (Å²) in [7, 11) is 0. The number of rotatable bonds is 6. The largest absolute Gasteiger partial charge is 0.345 e. The maximum Gasteiger partial charge on any atom is 0.325 e. The van der Waals surface area contributed by atoms with Gasteiger partial charge in [-0.15, -0.1) is 0 Å². The predicted octanol–water partition coefficient (Wildman–Crippen LogP) is 2.11. The predicted molar refractivity (Wildman–Crippen MR) is 110 cm³/mol. The molecule has 0 spiro atoms. The van der Waals surface area contributed by atoms with Gasteiger partial charge in [0.2, 0.25) is 11.8 Å². The third kappa shape index (κ3) is 4.65. The number of nitrogens with zero attached hydrogens (tertiary/aromatic N) is 1. The van der Waals surface area contributed by atoms with Gasteiger partial charge in [0.05, 0.1) is 6.54 Å². The van der Waals surface area contributed by atoms with Crippen molar-refractivity contribution in [3.63, 3.8) is 0 Å². The zero-order valence-corrected chi connectivity index (χ0v) is 17.5. The lowest BCUT2D eigenvalue weighted by molar-refractivity contribution is -0.135. The first-order valence-corrected chi connectivity index (χ1v) is 9.70. The minimum atomic E-state index is -1.30. The van der Waals surface area contributed by atoms with E-state index < -0.39 is 41.7 Å². The van der Waals surface area contributed by atoms with Crippen molar-refractivity contribution in [2.75, 3.05) is 18.4 Å². The Balaban J connectivity index is 1.57. The summed E-state index contributed by atoms with van der Waals surface area (Å²) in [5, 5.41) is 7.45. The molecule has 0 aromatic heterocycles. The van der Waals surface area contributed by atoms with E-state index in [4.69, 9.17) is 0 Å². The van der Waals surface area contributed by atoms with Crippen molar-refractivity contribution >= 4 is 45.4 Å². The average Bonchev–Trinajstić information content (AvgIpc) is 2.92. The maximum absolute atomic E-state index is 12.9. The normalized spacial score (nSPS) is 18.2. The molecular weight excluding hydrogens is 459 g/mol. The van der Waals surface area contributed by atoms with Gasteiger partial charge < -0.3 is 16.0 Å². The summed E-state index contributed by atoms with van der Waals surface area (Å²) >= 11 is 3.33. The molecule has 10 heteroatoms. The summed E-state index contributed by atoms with van der Waals surface area (Å²) in [5.41, 5.74) is -0.368. The minimum Gasteiger partial charge on any atom is -0.345 e. The number of amides is 5. The Morgan fingerprint density at radius 1 is 1.13 bits per heavy atom. The number of imide groups is 1. The highest BCUT2D eigenvalue weighted by molar-refractivity contribution is 9.10. The van der Waals surface area contributed by atoms with Crippen molar-refractivity contribution in [2.24, 2.45) is 0 Å². The molecule has 3 N–H and O–H groups in total. The number of carbonyl (C=O) groups excluding carboxylic acids is 4. The Morgan fingerprint density at radius 3 is 2.50 bits per heavy atom. The molecule has 0 saturated carbocycles. The Kier molecular flexibility index (Phi) is 6.16. The molecule has 0 radical (unpaired) electrons. The molecule has 2 aromatic carbocycles.